The van der Waals surface area contributed by atoms with E-state index >= 15 is 0 Å². The van der Waals surface area contributed by atoms with Crippen molar-refractivity contribution < 1.29 is 84.4 Å². The normalized spacial score (nSPS) is 14.0. The van der Waals surface area contributed by atoms with Crippen LogP contribution >= 0.6 is 21.6 Å². The fourth-order valence-electron chi connectivity index (χ4n) is 2.51. The predicted octanol–water partition coefficient (Wildman–Crippen LogP) is -0.317. The minimum atomic E-state index is -5.25. The molecular formula is C14H18O20S8. The molecule has 242 valence electrons. The van der Waals surface area contributed by atoms with Gasteiger partial charge in [0.25, 0.3) is 20.4 Å². The second kappa shape index (κ2) is 12.6. The molecule has 2 heterocycles. The van der Waals surface area contributed by atoms with E-state index in [2.05, 4.69) is 25.1 Å². The maximum atomic E-state index is 12.8. The van der Waals surface area contributed by atoms with Gasteiger partial charge < -0.3 is 8.83 Å². The van der Waals surface area contributed by atoms with E-state index < -0.39 is 101 Å². The highest BCUT2D eigenvalue weighted by atomic mass is 33.1. The van der Waals surface area contributed by atoms with E-state index in [1.807, 2.05) is 0 Å². The molecule has 0 aromatic carbocycles. The zero-order chi connectivity index (χ0) is 32.7. The molecular weight excluding hydrogens is 745 g/mol. The molecule has 2 aromatic rings. The molecule has 0 aliphatic rings. The second-order valence-corrected chi connectivity index (χ2v) is 18.5. The first-order valence-corrected chi connectivity index (χ1v) is 20.2. The van der Waals surface area contributed by atoms with Crippen LogP contribution in [0.15, 0.2) is 48.8 Å². The summed E-state index contributed by atoms with van der Waals surface area (Å²) < 4.78 is 186. The van der Waals surface area contributed by atoms with E-state index in [0.29, 0.717) is 42.7 Å². The molecule has 0 bridgehead atoms. The molecule has 0 fully saturated rings. The maximum Gasteiger partial charge on any atom is 0.331 e. The van der Waals surface area contributed by atoms with Crippen LogP contribution in [0.4, 0.5) is 0 Å². The second-order valence-electron chi connectivity index (χ2n) is 6.56. The molecule has 0 aliphatic carbocycles. The first kappa shape index (κ1) is 36.9. The molecule has 2 rings (SSSR count). The Morgan fingerprint density at radius 2 is 0.595 bits per heavy atom. The molecule has 28 heteroatoms. The minimum Gasteiger partial charge on any atom is -0.426 e. The van der Waals surface area contributed by atoms with E-state index in [-0.39, 0.29) is 21.6 Å². The summed E-state index contributed by atoms with van der Waals surface area (Å²) in [5.41, 5.74) is 0. The molecule has 0 unspecified atom stereocenters. The number of hydrogen-bond acceptors (Lipinski definition) is 22. The summed E-state index contributed by atoms with van der Waals surface area (Å²) in [4.78, 5) is -5.42. The van der Waals surface area contributed by atoms with Crippen molar-refractivity contribution in [3.05, 3.63) is 0 Å². The quantitative estimate of drug-likeness (QED) is 0.166. The third-order valence-corrected chi connectivity index (χ3v) is 15.1. The number of furan rings is 2. The molecule has 2 aromatic heterocycles. The van der Waals surface area contributed by atoms with Crippen LogP contribution in [0, 0.1) is 0 Å². The molecule has 0 saturated carbocycles. The van der Waals surface area contributed by atoms with Gasteiger partial charge in [0.1, 0.15) is 9.79 Å². The van der Waals surface area contributed by atoms with E-state index in [4.69, 9.17) is 8.83 Å². The van der Waals surface area contributed by atoms with Crippen LogP contribution in [0.5, 0.6) is 0 Å². The molecule has 20 nitrogen and oxygen atoms in total. The SMILES string of the molecule is COS(=O)(=O)c1oc(S(=O)(=O)OC)c(S(=O)(=O)OC)c1SSc1c(S(=O)(=O)OC)oc(S(=O)(=O)OC)c1S(=O)(=O)OC. The van der Waals surface area contributed by atoms with Gasteiger partial charge in [0.15, 0.2) is 9.79 Å². The van der Waals surface area contributed by atoms with E-state index in [1.165, 1.54) is 0 Å². The van der Waals surface area contributed by atoms with Gasteiger partial charge >= 0.3 is 60.7 Å². The van der Waals surface area contributed by atoms with Crippen LogP contribution in [0.3, 0.4) is 0 Å². The summed E-state index contributed by atoms with van der Waals surface area (Å²) >= 11 is 0. The van der Waals surface area contributed by atoms with Crippen LogP contribution in [0.1, 0.15) is 0 Å². The first-order valence-electron chi connectivity index (χ1n) is 9.57. The third-order valence-electron chi connectivity index (χ3n) is 4.46. The minimum absolute atomic E-state index is 0.179. The highest BCUT2D eigenvalue weighted by Crippen LogP contribution is 2.52. The molecule has 0 saturated heterocycles. The molecule has 0 atom stereocenters. The number of rotatable bonds is 15. The highest BCUT2D eigenvalue weighted by molar-refractivity contribution is 8.76. The Kier molecular flexibility index (Phi) is 11.1. The van der Waals surface area contributed by atoms with Gasteiger partial charge in [0.05, 0.1) is 42.7 Å². The fourth-order valence-corrected chi connectivity index (χ4v) is 12.8. The highest BCUT2D eigenvalue weighted by Gasteiger charge is 2.45. The Hall–Kier alpha value is -1.28. The van der Waals surface area contributed by atoms with Crippen molar-refractivity contribution in [2.45, 2.75) is 40.0 Å². The lowest BCUT2D eigenvalue weighted by molar-refractivity contribution is 0.301. The van der Waals surface area contributed by atoms with Crippen molar-refractivity contribution in [2.75, 3.05) is 42.7 Å². The average molecular weight is 763 g/mol. The summed E-state index contributed by atoms with van der Waals surface area (Å²) in [6.07, 6.45) is 0. The topological polar surface area (TPSA) is 286 Å². The van der Waals surface area contributed by atoms with Crippen molar-refractivity contribution in [3.63, 3.8) is 0 Å². The molecule has 0 amide bonds. The summed E-state index contributed by atoms with van der Waals surface area (Å²) in [6, 6.07) is 0. The molecule has 0 radical (unpaired) electrons. The monoisotopic (exact) mass is 762 g/mol. The van der Waals surface area contributed by atoms with Gasteiger partial charge in [-0.2, -0.15) is 50.5 Å². The molecule has 0 spiro atoms. The Bertz CT molecular complexity index is 1860. The van der Waals surface area contributed by atoms with Crippen molar-refractivity contribution in [3.8, 4) is 0 Å². The van der Waals surface area contributed by atoms with Gasteiger partial charge in [0.2, 0.25) is 0 Å². The zero-order valence-electron chi connectivity index (χ0n) is 21.4. The van der Waals surface area contributed by atoms with E-state index in [1.54, 1.807) is 0 Å². The summed E-state index contributed by atoms with van der Waals surface area (Å²) in [5.74, 6) is 0. The summed E-state index contributed by atoms with van der Waals surface area (Å²) in [6.45, 7) is 0. The summed E-state index contributed by atoms with van der Waals surface area (Å²) in [7, 11) is -28.2. The molecule has 0 N–H and O–H groups in total. The standard InChI is InChI=1S/C14H18O20S8/c1-27-37(15,16)9-7(11(39(19,20)29-3)33-13(9)41(23,24)31-5)35-36-8-10(38(17,18)28-2)14(42(25,26)32-6)34-12(8)40(21,22)30-4/h1-6H3. The van der Waals surface area contributed by atoms with Crippen molar-refractivity contribution >= 4 is 82.3 Å². The van der Waals surface area contributed by atoms with Gasteiger partial charge in [-0.3, -0.25) is 25.1 Å². The third kappa shape index (κ3) is 6.84. The Labute approximate surface area is 248 Å². The average Bonchev–Trinajstić information content (AvgIpc) is 3.54. The van der Waals surface area contributed by atoms with E-state index in [0.717, 1.165) is 0 Å². The zero-order valence-corrected chi connectivity index (χ0v) is 28.0. The van der Waals surface area contributed by atoms with Crippen LogP contribution < -0.4 is 0 Å². The number of hydrogen-bond donors (Lipinski definition) is 0. The van der Waals surface area contributed by atoms with Crippen LogP contribution in [0.2, 0.25) is 0 Å². The first-order chi connectivity index (χ1) is 19.0. The van der Waals surface area contributed by atoms with Crippen LogP contribution in [0.25, 0.3) is 0 Å². The van der Waals surface area contributed by atoms with Gasteiger partial charge in [0, 0.05) is 0 Å². The Morgan fingerprint density at radius 3 is 0.810 bits per heavy atom. The molecule has 42 heavy (non-hydrogen) atoms. The van der Waals surface area contributed by atoms with Gasteiger partial charge in [-0.15, -0.1) is 0 Å². The van der Waals surface area contributed by atoms with Crippen molar-refractivity contribution in [2.24, 2.45) is 0 Å². The summed E-state index contributed by atoms with van der Waals surface area (Å²) in [5, 5.41) is -6.33. The Morgan fingerprint density at radius 1 is 0.381 bits per heavy atom. The fraction of sp³-hybridized carbons (Fsp3) is 0.429. The van der Waals surface area contributed by atoms with E-state index in [9.17, 15) is 50.5 Å². The lowest BCUT2D eigenvalue weighted by atomic mass is 10.6. The van der Waals surface area contributed by atoms with Gasteiger partial charge in [-0.25, -0.2) is 0 Å². The Balaban J connectivity index is 3.15. The van der Waals surface area contributed by atoms with Crippen LogP contribution in [-0.4, -0.2) is 93.2 Å². The lowest BCUT2D eigenvalue weighted by Gasteiger charge is -2.08. The van der Waals surface area contributed by atoms with Gasteiger partial charge in [-0.1, -0.05) is 0 Å². The van der Waals surface area contributed by atoms with Crippen LogP contribution in [-0.2, 0) is 85.8 Å². The smallest absolute Gasteiger partial charge is 0.331 e. The van der Waals surface area contributed by atoms with Gasteiger partial charge in [-0.05, 0) is 21.6 Å². The predicted molar refractivity (Wildman–Crippen MR) is 134 cm³/mol. The molecule has 0 aliphatic heterocycles. The lowest BCUT2D eigenvalue weighted by Crippen LogP contribution is -2.11. The largest absolute Gasteiger partial charge is 0.426 e. The maximum absolute atomic E-state index is 12.8. The van der Waals surface area contributed by atoms with Crippen molar-refractivity contribution in [1.82, 2.24) is 0 Å². The van der Waals surface area contributed by atoms with Crippen molar-refractivity contribution in [1.29, 1.82) is 0 Å².